The van der Waals surface area contributed by atoms with Gasteiger partial charge in [-0.3, -0.25) is 0 Å². The van der Waals surface area contributed by atoms with E-state index in [4.69, 9.17) is 0 Å². The van der Waals surface area contributed by atoms with Crippen molar-refractivity contribution in [3.8, 4) is 0 Å². The number of aryl methyl sites for hydroxylation is 1. The van der Waals surface area contributed by atoms with Crippen LogP contribution in [0.5, 0.6) is 0 Å². The van der Waals surface area contributed by atoms with Crippen LogP contribution in [0.4, 0.5) is 0 Å². The number of benzene rings is 1. The highest BCUT2D eigenvalue weighted by molar-refractivity contribution is 6.32. The van der Waals surface area contributed by atoms with E-state index in [-0.39, 0.29) is 11.0 Å². The molecule has 1 rings (SSSR count). The van der Waals surface area contributed by atoms with E-state index in [0.29, 0.717) is 0 Å². The van der Waals surface area contributed by atoms with Gasteiger partial charge in [-0.15, -0.1) is 0 Å². The van der Waals surface area contributed by atoms with E-state index in [2.05, 4.69) is 39.0 Å². The molecule has 1 aromatic rings. The van der Waals surface area contributed by atoms with Crippen LogP contribution >= 0.6 is 0 Å². The summed E-state index contributed by atoms with van der Waals surface area (Å²) in [7, 11) is 2.10. The molecule has 56 valence electrons. The number of hydrogen-bond donors (Lipinski definition) is 0. The minimum absolute atomic E-state index is 0. The summed E-state index contributed by atoms with van der Waals surface area (Å²) >= 11 is 0. The van der Waals surface area contributed by atoms with Gasteiger partial charge in [-0.05, 0) is 6.92 Å². The fourth-order valence-electron chi connectivity index (χ4n) is 0.637. The molecular formula is C7H13BO2. The third kappa shape index (κ3) is 3.27. The van der Waals surface area contributed by atoms with Crippen molar-refractivity contribution in [3.05, 3.63) is 29.8 Å². The molecule has 0 aliphatic heterocycles. The second-order valence-electron chi connectivity index (χ2n) is 2.15. The first-order valence-electron chi connectivity index (χ1n) is 2.82. The van der Waals surface area contributed by atoms with E-state index < -0.39 is 0 Å². The molecule has 0 saturated carbocycles. The first kappa shape index (κ1) is 11.9. The van der Waals surface area contributed by atoms with E-state index in [1.807, 2.05) is 0 Å². The molecule has 10 heavy (non-hydrogen) atoms. The first-order chi connectivity index (χ1) is 3.79. The van der Waals surface area contributed by atoms with E-state index in [1.165, 1.54) is 11.0 Å². The number of rotatable bonds is 0. The largest absolute Gasteiger partial charge is 0.412 e. The molecule has 2 nitrogen and oxygen atoms in total. The fraction of sp³-hybridized carbons (Fsp3) is 0.143. The van der Waals surface area contributed by atoms with Crippen LogP contribution in [0.1, 0.15) is 5.56 Å². The Morgan fingerprint density at radius 3 is 1.70 bits per heavy atom. The molecule has 3 heteroatoms. The zero-order valence-electron chi connectivity index (χ0n) is 6.31. The average molecular weight is 140 g/mol. The summed E-state index contributed by atoms with van der Waals surface area (Å²) in [6, 6.07) is 8.48. The van der Waals surface area contributed by atoms with E-state index in [1.54, 1.807) is 0 Å². The predicted octanol–water partition coefficient (Wildman–Crippen LogP) is -1.40. The summed E-state index contributed by atoms with van der Waals surface area (Å²) < 4.78 is 0. The molecular weight excluding hydrogens is 127 g/mol. The second kappa shape index (κ2) is 5.03. The average Bonchev–Trinajstić information content (AvgIpc) is 1.77. The fourth-order valence-corrected chi connectivity index (χ4v) is 0.637. The molecule has 0 saturated heterocycles. The highest BCUT2D eigenvalue weighted by atomic mass is 16.0. The van der Waals surface area contributed by atoms with Gasteiger partial charge in [0.05, 0.1) is 0 Å². The van der Waals surface area contributed by atoms with Gasteiger partial charge in [0.2, 0.25) is 0 Å². The SMILES string of the molecule is Bc1ccc(C)cc1.O.O. The molecule has 0 radical (unpaired) electrons. The van der Waals surface area contributed by atoms with Crippen LogP contribution in [0.15, 0.2) is 24.3 Å². The first-order valence-corrected chi connectivity index (χ1v) is 2.82. The van der Waals surface area contributed by atoms with Gasteiger partial charge >= 0.3 is 0 Å². The van der Waals surface area contributed by atoms with Gasteiger partial charge < -0.3 is 11.0 Å². The maximum absolute atomic E-state index is 2.12. The van der Waals surface area contributed by atoms with Crippen molar-refractivity contribution < 1.29 is 11.0 Å². The highest BCUT2D eigenvalue weighted by Crippen LogP contribution is 1.90. The van der Waals surface area contributed by atoms with Crippen LogP contribution in [-0.4, -0.2) is 18.8 Å². The molecule has 0 heterocycles. The third-order valence-corrected chi connectivity index (χ3v) is 1.22. The zero-order chi connectivity index (χ0) is 5.98. The van der Waals surface area contributed by atoms with Crippen LogP contribution in [0.2, 0.25) is 0 Å². The molecule has 0 aliphatic carbocycles. The Kier molecular flexibility index (Phi) is 6.00. The Hall–Kier alpha value is -0.795. The summed E-state index contributed by atoms with van der Waals surface area (Å²) in [5.74, 6) is 0. The van der Waals surface area contributed by atoms with Gasteiger partial charge in [0.1, 0.15) is 7.85 Å². The lowest BCUT2D eigenvalue weighted by molar-refractivity contribution is 0.823. The van der Waals surface area contributed by atoms with Crippen molar-refractivity contribution in [1.29, 1.82) is 0 Å². The quantitative estimate of drug-likeness (QED) is 0.398. The van der Waals surface area contributed by atoms with Crippen molar-refractivity contribution in [3.63, 3.8) is 0 Å². The summed E-state index contributed by atoms with van der Waals surface area (Å²) in [5.41, 5.74) is 2.66. The summed E-state index contributed by atoms with van der Waals surface area (Å²) in [4.78, 5) is 0. The Balaban J connectivity index is 0. The van der Waals surface area contributed by atoms with Crippen LogP contribution in [0, 0.1) is 6.92 Å². The van der Waals surface area contributed by atoms with Gasteiger partial charge in [-0.25, -0.2) is 0 Å². The number of hydrogen-bond acceptors (Lipinski definition) is 0. The smallest absolute Gasteiger partial charge is 0.139 e. The standard InChI is InChI=1S/C7H9B.2H2O/c1-6-2-4-7(8)5-3-6;;/h2-5H,8H2,1H3;2*1H2. The van der Waals surface area contributed by atoms with E-state index >= 15 is 0 Å². The minimum Gasteiger partial charge on any atom is -0.412 e. The van der Waals surface area contributed by atoms with Gasteiger partial charge in [0.25, 0.3) is 0 Å². The van der Waals surface area contributed by atoms with E-state index in [0.717, 1.165) is 0 Å². The maximum atomic E-state index is 2.12. The molecule has 0 aliphatic rings. The van der Waals surface area contributed by atoms with Crippen LogP contribution in [0.3, 0.4) is 0 Å². The summed E-state index contributed by atoms with van der Waals surface area (Å²) in [6.45, 7) is 2.10. The summed E-state index contributed by atoms with van der Waals surface area (Å²) in [5, 5.41) is 0. The normalized spacial score (nSPS) is 7.30. The lowest BCUT2D eigenvalue weighted by Crippen LogP contribution is -1.98. The highest BCUT2D eigenvalue weighted by Gasteiger charge is 1.79. The Morgan fingerprint density at radius 1 is 1.00 bits per heavy atom. The Bertz CT molecular complexity index is 150. The molecule has 0 aromatic heterocycles. The van der Waals surface area contributed by atoms with Gasteiger partial charge in [0.15, 0.2) is 0 Å². The molecule has 0 unspecified atom stereocenters. The van der Waals surface area contributed by atoms with Gasteiger partial charge in [0, 0.05) is 0 Å². The van der Waals surface area contributed by atoms with E-state index in [9.17, 15) is 0 Å². The van der Waals surface area contributed by atoms with Crippen LogP contribution < -0.4 is 5.46 Å². The molecule has 0 atom stereocenters. The lowest BCUT2D eigenvalue weighted by Gasteiger charge is -1.90. The minimum atomic E-state index is 0. The van der Waals surface area contributed by atoms with Gasteiger partial charge in [-0.2, -0.15) is 0 Å². The predicted molar refractivity (Wildman–Crippen MR) is 46.6 cm³/mol. The maximum Gasteiger partial charge on any atom is 0.139 e. The Morgan fingerprint density at radius 2 is 1.40 bits per heavy atom. The Labute approximate surface area is 61.9 Å². The van der Waals surface area contributed by atoms with Crippen LogP contribution in [-0.2, 0) is 0 Å². The molecule has 4 N–H and O–H groups in total. The molecule has 0 bridgehead atoms. The molecule has 0 spiro atoms. The van der Waals surface area contributed by atoms with Crippen molar-refractivity contribution in [2.24, 2.45) is 0 Å². The van der Waals surface area contributed by atoms with Crippen molar-refractivity contribution in [2.45, 2.75) is 6.92 Å². The monoisotopic (exact) mass is 140 g/mol. The topological polar surface area (TPSA) is 63.0 Å². The van der Waals surface area contributed by atoms with Crippen molar-refractivity contribution in [1.82, 2.24) is 0 Å². The van der Waals surface area contributed by atoms with Crippen molar-refractivity contribution in [2.75, 3.05) is 0 Å². The van der Waals surface area contributed by atoms with Gasteiger partial charge in [-0.1, -0.05) is 35.3 Å². The lowest BCUT2D eigenvalue weighted by atomic mass is 9.96. The third-order valence-electron chi connectivity index (χ3n) is 1.22. The van der Waals surface area contributed by atoms with Crippen molar-refractivity contribution >= 4 is 13.3 Å². The zero-order valence-corrected chi connectivity index (χ0v) is 6.31. The molecule has 0 amide bonds. The summed E-state index contributed by atoms with van der Waals surface area (Å²) in [6.07, 6.45) is 0. The van der Waals surface area contributed by atoms with Crippen LogP contribution in [0.25, 0.3) is 0 Å². The second-order valence-corrected chi connectivity index (χ2v) is 2.15. The molecule has 1 aromatic carbocycles. The molecule has 0 fully saturated rings.